The van der Waals surface area contributed by atoms with Gasteiger partial charge in [-0.05, 0) is 18.3 Å². The average molecular weight is 177 g/mol. The van der Waals surface area contributed by atoms with Crippen molar-refractivity contribution in [2.45, 2.75) is 32.7 Å². The highest BCUT2D eigenvalue weighted by Crippen LogP contribution is 2.34. The highest BCUT2D eigenvalue weighted by molar-refractivity contribution is 5.05. The second kappa shape index (κ2) is 3.77. The van der Waals surface area contributed by atoms with E-state index in [0.29, 0.717) is 6.54 Å². The lowest BCUT2D eigenvalue weighted by atomic mass is 9.77. The highest BCUT2D eigenvalue weighted by Gasteiger charge is 2.37. The molecular weight excluding hydrogens is 162 g/mol. The Morgan fingerprint density at radius 1 is 1.46 bits per heavy atom. The normalized spacial score (nSPS) is 27.5. The van der Waals surface area contributed by atoms with Crippen LogP contribution in [0.25, 0.3) is 0 Å². The van der Waals surface area contributed by atoms with E-state index in [-0.39, 0.29) is 11.5 Å². The van der Waals surface area contributed by atoms with Crippen LogP contribution in [0.15, 0.2) is 0 Å². The molecule has 0 amide bonds. The molecule has 1 atom stereocenters. The van der Waals surface area contributed by atoms with E-state index in [2.05, 4.69) is 26.0 Å². The molecule has 0 aromatic heterocycles. The van der Waals surface area contributed by atoms with E-state index < -0.39 is 0 Å². The average Bonchev–Trinajstić information content (AvgIpc) is 2.04. The number of hydrogen-bond donors (Lipinski definition) is 0. The maximum absolute atomic E-state index is 9.02. The first-order chi connectivity index (χ1) is 6.11. The Morgan fingerprint density at radius 2 is 2.15 bits per heavy atom. The number of nitriles is 2. The minimum atomic E-state index is -0.0964. The van der Waals surface area contributed by atoms with Gasteiger partial charge in [-0.15, -0.1) is 0 Å². The summed E-state index contributed by atoms with van der Waals surface area (Å²) in [5, 5.41) is 17.6. The van der Waals surface area contributed by atoms with Gasteiger partial charge in [-0.25, -0.2) is 0 Å². The monoisotopic (exact) mass is 177 g/mol. The van der Waals surface area contributed by atoms with Crippen molar-refractivity contribution < 1.29 is 0 Å². The number of rotatable bonds is 1. The highest BCUT2D eigenvalue weighted by atomic mass is 15.2. The number of piperidine rings is 1. The zero-order valence-corrected chi connectivity index (χ0v) is 8.25. The molecule has 0 bridgehead atoms. The van der Waals surface area contributed by atoms with Gasteiger partial charge in [0.2, 0.25) is 0 Å². The molecule has 1 aliphatic heterocycles. The molecule has 0 radical (unpaired) electrons. The quantitative estimate of drug-likeness (QED) is 0.571. The van der Waals surface area contributed by atoms with Gasteiger partial charge in [0.25, 0.3) is 0 Å². The van der Waals surface area contributed by atoms with Crippen LogP contribution in [-0.4, -0.2) is 24.0 Å². The summed E-state index contributed by atoms with van der Waals surface area (Å²) < 4.78 is 0. The van der Waals surface area contributed by atoms with Gasteiger partial charge in [0.1, 0.15) is 6.04 Å². The van der Waals surface area contributed by atoms with Crippen LogP contribution in [0.4, 0.5) is 0 Å². The number of hydrogen-bond acceptors (Lipinski definition) is 3. The summed E-state index contributed by atoms with van der Waals surface area (Å²) >= 11 is 0. The van der Waals surface area contributed by atoms with Crippen molar-refractivity contribution >= 4 is 0 Å². The van der Waals surface area contributed by atoms with Crippen molar-refractivity contribution in [1.29, 1.82) is 10.5 Å². The molecule has 3 nitrogen and oxygen atoms in total. The van der Waals surface area contributed by atoms with E-state index in [1.165, 1.54) is 0 Å². The fourth-order valence-electron chi connectivity index (χ4n) is 2.02. The molecular formula is C10H15N3. The van der Waals surface area contributed by atoms with E-state index in [9.17, 15) is 0 Å². The van der Waals surface area contributed by atoms with Crippen molar-refractivity contribution in [3.8, 4) is 12.1 Å². The molecule has 1 unspecified atom stereocenters. The minimum absolute atomic E-state index is 0.0316. The minimum Gasteiger partial charge on any atom is -0.274 e. The number of nitrogens with zero attached hydrogens (tertiary/aromatic N) is 3. The Balaban J connectivity index is 2.76. The summed E-state index contributed by atoms with van der Waals surface area (Å²) in [5.74, 6) is 0. The molecule has 0 aromatic rings. The topological polar surface area (TPSA) is 50.8 Å². The summed E-state index contributed by atoms with van der Waals surface area (Å²) in [6, 6.07) is 4.32. The van der Waals surface area contributed by atoms with E-state index in [0.717, 1.165) is 19.4 Å². The van der Waals surface area contributed by atoms with Crippen molar-refractivity contribution in [1.82, 2.24) is 4.90 Å². The molecule has 70 valence electrons. The van der Waals surface area contributed by atoms with E-state index >= 15 is 0 Å². The van der Waals surface area contributed by atoms with Crippen molar-refractivity contribution in [2.24, 2.45) is 5.41 Å². The van der Waals surface area contributed by atoms with E-state index in [1.807, 2.05) is 4.90 Å². The molecule has 1 aliphatic rings. The third-order valence-electron chi connectivity index (χ3n) is 2.77. The van der Waals surface area contributed by atoms with Crippen LogP contribution in [0, 0.1) is 28.1 Å². The Labute approximate surface area is 79.6 Å². The second-order valence-electron chi connectivity index (χ2n) is 4.25. The Kier molecular flexibility index (Phi) is 2.90. The van der Waals surface area contributed by atoms with Gasteiger partial charge in [0.15, 0.2) is 0 Å². The molecule has 1 rings (SSSR count). The van der Waals surface area contributed by atoms with Crippen LogP contribution in [0.2, 0.25) is 0 Å². The first kappa shape index (κ1) is 10.0. The van der Waals surface area contributed by atoms with Crippen molar-refractivity contribution in [3.63, 3.8) is 0 Å². The third kappa shape index (κ3) is 1.99. The molecule has 1 saturated heterocycles. The van der Waals surface area contributed by atoms with Gasteiger partial charge in [-0.3, -0.25) is 4.90 Å². The molecule has 13 heavy (non-hydrogen) atoms. The van der Waals surface area contributed by atoms with Crippen LogP contribution in [0.5, 0.6) is 0 Å². The lowest BCUT2D eigenvalue weighted by Crippen LogP contribution is -2.48. The van der Waals surface area contributed by atoms with Crippen LogP contribution >= 0.6 is 0 Å². The van der Waals surface area contributed by atoms with Crippen LogP contribution in [-0.2, 0) is 0 Å². The largest absolute Gasteiger partial charge is 0.274 e. The van der Waals surface area contributed by atoms with Gasteiger partial charge in [-0.1, -0.05) is 13.8 Å². The zero-order valence-electron chi connectivity index (χ0n) is 8.25. The summed E-state index contributed by atoms with van der Waals surface area (Å²) in [5.41, 5.74) is 0.0316. The SMILES string of the molecule is CC1(C)CCCN(CC#N)C1C#N. The molecule has 1 fully saturated rings. The smallest absolute Gasteiger partial charge is 0.104 e. The lowest BCUT2D eigenvalue weighted by molar-refractivity contribution is 0.0840. The molecule has 3 heteroatoms. The molecule has 0 saturated carbocycles. The zero-order chi connectivity index (χ0) is 9.90. The summed E-state index contributed by atoms with van der Waals surface area (Å²) in [6.45, 7) is 5.46. The summed E-state index contributed by atoms with van der Waals surface area (Å²) in [4.78, 5) is 1.98. The number of likely N-dealkylation sites (tertiary alicyclic amines) is 1. The Bertz CT molecular complexity index is 256. The first-order valence-corrected chi connectivity index (χ1v) is 4.62. The van der Waals surface area contributed by atoms with Gasteiger partial charge in [-0.2, -0.15) is 10.5 Å². The fraction of sp³-hybridized carbons (Fsp3) is 0.800. The molecule has 0 aromatic carbocycles. The van der Waals surface area contributed by atoms with Gasteiger partial charge in [0, 0.05) is 6.54 Å². The summed E-state index contributed by atoms with van der Waals surface area (Å²) in [7, 11) is 0. The van der Waals surface area contributed by atoms with Gasteiger partial charge >= 0.3 is 0 Å². The fourth-order valence-corrected chi connectivity index (χ4v) is 2.02. The van der Waals surface area contributed by atoms with E-state index in [1.54, 1.807) is 0 Å². The standard InChI is InChI=1S/C10H15N3/c1-10(2)4-3-6-13(7-5-11)9(10)8-12/h9H,3-4,6-7H2,1-2H3. The van der Waals surface area contributed by atoms with Crippen LogP contribution in [0.3, 0.4) is 0 Å². The van der Waals surface area contributed by atoms with E-state index in [4.69, 9.17) is 10.5 Å². The predicted molar refractivity (Wildman–Crippen MR) is 49.6 cm³/mol. The van der Waals surface area contributed by atoms with Gasteiger partial charge < -0.3 is 0 Å². The van der Waals surface area contributed by atoms with Crippen LogP contribution < -0.4 is 0 Å². The lowest BCUT2D eigenvalue weighted by Gasteiger charge is -2.41. The maximum atomic E-state index is 9.02. The third-order valence-corrected chi connectivity index (χ3v) is 2.77. The molecule has 0 N–H and O–H groups in total. The molecule has 0 aliphatic carbocycles. The molecule has 0 spiro atoms. The maximum Gasteiger partial charge on any atom is 0.104 e. The Morgan fingerprint density at radius 3 is 2.69 bits per heavy atom. The summed E-state index contributed by atoms with van der Waals surface area (Å²) in [6.07, 6.45) is 2.17. The Hall–Kier alpha value is -1.06. The predicted octanol–water partition coefficient (Wildman–Crippen LogP) is 1.52. The van der Waals surface area contributed by atoms with Gasteiger partial charge in [0.05, 0.1) is 18.7 Å². The van der Waals surface area contributed by atoms with Crippen molar-refractivity contribution in [2.75, 3.05) is 13.1 Å². The first-order valence-electron chi connectivity index (χ1n) is 4.62. The molecule has 1 heterocycles. The second-order valence-corrected chi connectivity index (χ2v) is 4.25. The van der Waals surface area contributed by atoms with Crippen molar-refractivity contribution in [3.05, 3.63) is 0 Å². The van der Waals surface area contributed by atoms with Crippen LogP contribution in [0.1, 0.15) is 26.7 Å².